The molecule has 1 atom stereocenters. The molecule has 1 rings (SSSR count). The maximum absolute atomic E-state index is 12.2. The van der Waals surface area contributed by atoms with Gasteiger partial charge in [0.15, 0.2) is 0 Å². The summed E-state index contributed by atoms with van der Waals surface area (Å²) in [7, 11) is 2.75. The van der Waals surface area contributed by atoms with Crippen LogP contribution >= 0.6 is 33.9 Å². The molecule has 0 heterocycles. The lowest BCUT2D eigenvalue weighted by Gasteiger charge is -2.15. The molecule has 0 aliphatic heterocycles. The molecule has 5 nitrogen and oxygen atoms in total. The highest BCUT2D eigenvalue weighted by molar-refractivity contribution is 8.13. The molecule has 1 aromatic carbocycles. The van der Waals surface area contributed by atoms with Crippen molar-refractivity contribution in [2.75, 3.05) is 13.7 Å². The second-order valence-corrected chi connectivity index (χ2v) is 7.65. The van der Waals surface area contributed by atoms with Crippen molar-refractivity contribution in [3.63, 3.8) is 0 Å². The Balaban J connectivity index is 3.10. The van der Waals surface area contributed by atoms with Crippen molar-refractivity contribution in [2.24, 2.45) is 0 Å². The van der Waals surface area contributed by atoms with Gasteiger partial charge in [0.2, 0.25) is 0 Å². The lowest BCUT2D eigenvalue weighted by atomic mass is 10.1. The molecular weight excluding hydrogens is 361 g/mol. The predicted octanol–water partition coefficient (Wildman–Crippen LogP) is 3.08. The van der Waals surface area contributed by atoms with Crippen LogP contribution in [0.15, 0.2) is 17.0 Å². The number of hydrogen-bond acceptors (Lipinski definition) is 4. The van der Waals surface area contributed by atoms with E-state index in [9.17, 15) is 13.2 Å². The van der Waals surface area contributed by atoms with Crippen LogP contribution in [0.5, 0.6) is 0 Å². The van der Waals surface area contributed by atoms with Gasteiger partial charge in [0.05, 0.1) is 15.6 Å². The van der Waals surface area contributed by atoms with E-state index in [0.717, 1.165) is 6.07 Å². The Morgan fingerprint density at radius 1 is 1.38 bits per heavy atom. The Bertz CT molecular complexity index is 634. The zero-order valence-corrected chi connectivity index (χ0v) is 14.4. The normalized spacial score (nSPS) is 13.0. The highest BCUT2D eigenvalue weighted by atomic mass is 35.7. The van der Waals surface area contributed by atoms with Crippen molar-refractivity contribution in [3.8, 4) is 0 Å². The third-order valence-corrected chi connectivity index (χ3v) is 4.86. The van der Waals surface area contributed by atoms with Crippen molar-refractivity contribution < 1.29 is 17.9 Å². The van der Waals surface area contributed by atoms with Crippen LogP contribution in [0.2, 0.25) is 10.0 Å². The van der Waals surface area contributed by atoms with E-state index in [-0.39, 0.29) is 26.5 Å². The number of hydrogen-bond donors (Lipinski definition) is 1. The van der Waals surface area contributed by atoms with Gasteiger partial charge in [-0.3, -0.25) is 4.79 Å². The molecule has 118 valence electrons. The van der Waals surface area contributed by atoms with Crippen LogP contribution in [0, 0.1) is 0 Å². The summed E-state index contributed by atoms with van der Waals surface area (Å²) in [5.41, 5.74) is -0.121. The van der Waals surface area contributed by atoms with Crippen molar-refractivity contribution in [1.29, 1.82) is 0 Å². The summed E-state index contributed by atoms with van der Waals surface area (Å²) in [6.45, 7) is 2.25. The second-order valence-electron chi connectivity index (χ2n) is 4.33. The van der Waals surface area contributed by atoms with E-state index >= 15 is 0 Å². The van der Waals surface area contributed by atoms with Gasteiger partial charge < -0.3 is 10.1 Å². The van der Waals surface area contributed by atoms with E-state index in [1.54, 1.807) is 14.0 Å². The van der Waals surface area contributed by atoms with Gasteiger partial charge in [-0.05, 0) is 25.5 Å². The largest absolute Gasteiger partial charge is 0.385 e. The van der Waals surface area contributed by atoms with Gasteiger partial charge >= 0.3 is 0 Å². The molecule has 0 aromatic heterocycles. The third kappa shape index (κ3) is 5.00. The first-order chi connectivity index (χ1) is 9.68. The van der Waals surface area contributed by atoms with Crippen LogP contribution in [-0.2, 0) is 13.8 Å². The van der Waals surface area contributed by atoms with E-state index < -0.39 is 15.0 Å². The van der Waals surface area contributed by atoms with Crippen LogP contribution in [0.3, 0.4) is 0 Å². The molecular formula is C12H14Cl3NO4S. The molecule has 0 aliphatic carbocycles. The number of carbonyl (C=O) groups is 1. The Labute approximate surface area is 137 Å². The average Bonchev–Trinajstić information content (AvgIpc) is 2.34. The van der Waals surface area contributed by atoms with Crippen molar-refractivity contribution in [3.05, 3.63) is 27.7 Å². The number of carbonyl (C=O) groups excluding carboxylic acids is 1. The standard InChI is InChI=1S/C12H14Cl3NO4S/c1-7(5-6-20-2)16-12(17)10-8(13)3-4-9(11(10)14)21(15,18)19/h3-4,7H,5-6H2,1-2H3,(H,16,17). The summed E-state index contributed by atoms with van der Waals surface area (Å²) in [6.07, 6.45) is 0.588. The molecule has 0 saturated carbocycles. The van der Waals surface area contributed by atoms with Crippen LogP contribution < -0.4 is 5.32 Å². The monoisotopic (exact) mass is 373 g/mol. The van der Waals surface area contributed by atoms with Crippen molar-refractivity contribution in [1.82, 2.24) is 5.32 Å². The number of benzene rings is 1. The predicted molar refractivity (Wildman–Crippen MR) is 82.9 cm³/mol. The fourth-order valence-electron chi connectivity index (χ4n) is 1.59. The minimum absolute atomic E-state index is 0.0421. The van der Waals surface area contributed by atoms with Crippen molar-refractivity contribution in [2.45, 2.75) is 24.3 Å². The van der Waals surface area contributed by atoms with Gasteiger partial charge in [0.1, 0.15) is 4.90 Å². The Kier molecular flexibility index (Phi) is 6.74. The fourth-order valence-corrected chi connectivity index (χ4v) is 3.49. The number of nitrogens with one attached hydrogen (secondary N) is 1. The molecule has 0 radical (unpaired) electrons. The fraction of sp³-hybridized carbons (Fsp3) is 0.417. The van der Waals surface area contributed by atoms with Crippen LogP contribution in [0.4, 0.5) is 0 Å². The van der Waals surface area contributed by atoms with Gasteiger partial charge in [0, 0.05) is 30.4 Å². The van der Waals surface area contributed by atoms with E-state index in [1.807, 2.05) is 0 Å². The quantitative estimate of drug-likeness (QED) is 0.777. The Hall–Kier alpha value is -0.530. The molecule has 0 aliphatic rings. The first-order valence-electron chi connectivity index (χ1n) is 5.91. The van der Waals surface area contributed by atoms with Crippen LogP contribution in [0.1, 0.15) is 23.7 Å². The SMILES string of the molecule is COCCC(C)NC(=O)c1c(Cl)ccc(S(=O)(=O)Cl)c1Cl. The zero-order valence-electron chi connectivity index (χ0n) is 11.3. The molecule has 0 saturated heterocycles. The molecule has 0 spiro atoms. The molecule has 1 amide bonds. The van der Waals surface area contributed by atoms with Gasteiger partial charge in [-0.25, -0.2) is 8.42 Å². The third-order valence-electron chi connectivity index (χ3n) is 2.68. The Morgan fingerprint density at radius 2 is 2.00 bits per heavy atom. The zero-order chi connectivity index (χ0) is 16.2. The minimum atomic E-state index is -4.07. The number of rotatable bonds is 6. The summed E-state index contributed by atoms with van der Waals surface area (Å²) in [5, 5.41) is 2.41. The van der Waals surface area contributed by atoms with E-state index in [2.05, 4.69) is 5.32 Å². The highest BCUT2D eigenvalue weighted by Crippen LogP contribution is 2.32. The van der Waals surface area contributed by atoms with Gasteiger partial charge in [0.25, 0.3) is 15.0 Å². The molecule has 21 heavy (non-hydrogen) atoms. The smallest absolute Gasteiger partial charge is 0.262 e. The molecule has 1 N–H and O–H groups in total. The molecule has 1 aromatic rings. The van der Waals surface area contributed by atoms with Crippen LogP contribution in [-0.4, -0.2) is 34.1 Å². The number of amides is 1. The van der Waals surface area contributed by atoms with E-state index in [0.29, 0.717) is 13.0 Å². The number of ether oxygens (including phenoxy) is 1. The van der Waals surface area contributed by atoms with Gasteiger partial charge in [-0.1, -0.05) is 23.2 Å². The summed E-state index contributed by atoms with van der Waals surface area (Å²) >= 11 is 11.9. The minimum Gasteiger partial charge on any atom is -0.385 e. The van der Waals surface area contributed by atoms with E-state index in [1.165, 1.54) is 6.07 Å². The molecule has 0 bridgehead atoms. The summed E-state index contributed by atoms with van der Waals surface area (Å²) in [6, 6.07) is 2.22. The summed E-state index contributed by atoms with van der Waals surface area (Å²) < 4.78 is 27.7. The van der Waals surface area contributed by atoms with Crippen LogP contribution in [0.25, 0.3) is 0 Å². The molecule has 9 heteroatoms. The lowest BCUT2D eigenvalue weighted by molar-refractivity contribution is 0.0929. The molecule has 1 unspecified atom stereocenters. The average molecular weight is 375 g/mol. The number of methoxy groups -OCH3 is 1. The summed E-state index contributed by atoms with van der Waals surface area (Å²) in [4.78, 5) is 11.8. The van der Waals surface area contributed by atoms with E-state index in [4.69, 9.17) is 38.6 Å². The summed E-state index contributed by atoms with van der Waals surface area (Å²) in [5.74, 6) is -0.573. The number of halogens is 3. The van der Waals surface area contributed by atoms with Crippen molar-refractivity contribution >= 4 is 48.8 Å². The lowest BCUT2D eigenvalue weighted by Crippen LogP contribution is -2.33. The van der Waals surface area contributed by atoms with Gasteiger partial charge in [-0.15, -0.1) is 0 Å². The first-order valence-corrected chi connectivity index (χ1v) is 8.97. The topological polar surface area (TPSA) is 72.5 Å². The maximum Gasteiger partial charge on any atom is 0.262 e. The first kappa shape index (κ1) is 18.5. The highest BCUT2D eigenvalue weighted by Gasteiger charge is 2.24. The second kappa shape index (κ2) is 7.65. The molecule has 0 fully saturated rings. The maximum atomic E-state index is 12.2. The Morgan fingerprint density at radius 3 is 2.52 bits per heavy atom. The van der Waals surface area contributed by atoms with Gasteiger partial charge in [-0.2, -0.15) is 0 Å².